The van der Waals surface area contributed by atoms with Crippen LogP contribution in [0.5, 0.6) is 0 Å². The Morgan fingerprint density at radius 1 is 1.06 bits per heavy atom. The Morgan fingerprint density at radius 2 is 1.83 bits per heavy atom. The number of hydrogen-bond donors (Lipinski definition) is 1. The predicted octanol–water partition coefficient (Wildman–Crippen LogP) is 5.51. The van der Waals surface area contributed by atoms with Gasteiger partial charge in [0.25, 0.3) is 0 Å². The van der Waals surface area contributed by atoms with Crippen LogP contribution < -0.4 is 5.32 Å². The molecule has 1 N–H and O–H groups in total. The second kappa shape index (κ2) is 5.91. The molecular weight excluding hydrogens is 340 g/mol. The van der Waals surface area contributed by atoms with Gasteiger partial charge in [0.05, 0.1) is 5.02 Å². The van der Waals surface area contributed by atoms with E-state index in [2.05, 4.69) is 21.2 Å². The summed E-state index contributed by atoms with van der Waals surface area (Å²) in [5.41, 5.74) is 1.55. The molecular formula is C13H9BrCl2FN. The molecule has 0 aliphatic heterocycles. The lowest BCUT2D eigenvalue weighted by molar-refractivity contribution is 0.626. The zero-order valence-electron chi connectivity index (χ0n) is 9.18. The molecule has 0 aromatic heterocycles. The van der Waals surface area contributed by atoms with Crippen LogP contribution in [0.25, 0.3) is 0 Å². The third-order valence-corrected chi connectivity index (χ3v) is 4.01. The quantitative estimate of drug-likeness (QED) is 0.771. The summed E-state index contributed by atoms with van der Waals surface area (Å²) in [5.74, 6) is -0.301. The van der Waals surface area contributed by atoms with Crippen molar-refractivity contribution in [1.82, 2.24) is 0 Å². The molecule has 94 valence electrons. The number of benzene rings is 2. The van der Waals surface area contributed by atoms with E-state index in [1.54, 1.807) is 12.1 Å². The molecule has 0 atom stereocenters. The van der Waals surface area contributed by atoms with E-state index in [-0.39, 0.29) is 5.82 Å². The molecule has 2 rings (SSSR count). The van der Waals surface area contributed by atoms with Gasteiger partial charge in [-0.2, -0.15) is 0 Å². The highest BCUT2D eigenvalue weighted by Gasteiger charge is 2.03. The third-order valence-electron chi connectivity index (χ3n) is 2.41. The van der Waals surface area contributed by atoms with E-state index >= 15 is 0 Å². The van der Waals surface area contributed by atoms with Gasteiger partial charge in [0.1, 0.15) is 5.82 Å². The Morgan fingerprint density at radius 3 is 2.56 bits per heavy atom. The molecule has 0 spiro atoms. The minimum absolute atomic E-state index is 0.301. The van der Waals surface area contributed by atoms with Crippen molar-refractivity contribution >= 4 is 44.8 Å². The molecule has 0 aliphatic carbocycles. The van der Waals surface area contributed by atoms with Gasteiger partial charge < -0.3 is 5.32 Å². The summed E-state index contributed by atoms with van der Waals surface area (Å²) in [6, 6.07) is 9.81. The first-order chi connectivity index (χ1) is 8.56. The summed E-state index contributed by atoms with van der Waals surface area (Å²) in [6.07, 6.45) is 0. The number of rotatable bonds is 3. The number of nitrogens with one attached hydrogen (secondary N) is 1. The van der Waals surface area contributed by atoms with Gasteiger partial charge in [-0.1, -0.05) is 23.2 Å². The molecule has 0 saturated carbocycles. The molecule has 0 bridgehead atoms. The van der Waals surface area contributed by atoms with Gasteiger partial charge in [-0.15, -0.1) is 0 Å². The van der Waals surface area contributed by atoms with Crippen molar-refractivity contribution in [2.24, 2.45) is 0 Å². The van der Waals surface area contributed by atoms with Gasteiger partial charge in [-0.3, -0.25) is 0 Å². The van der Waals surface area contributed by atoms with E-state index in [0.29, 0.717) is 22.2 Å². The minimum Gasteiger partial charge on any atom is -0.381 e. The molecule has 0 amide bonds. The maximum Gasteiger partial charge on any atom is 0.123 e. The highest BCUT2D eigenvalue weighted by atomic mass is 79.9. The lowest BCUT2D eigenvalue weighted by atomic mass is 10.2. The van der Waals surface area contributed by atoms with E-state index in [1.165, 1.54) is 12.1 Å². The van der Waals surface area contributed by atoms with Gasteiger partial charge in [-0.25, -0.2) is 4.39 Å². The smallest absolute Gasteiger partial charge is 0.123 e. The molecule has 2 aromatic carbocycles. The van der Waals surface area contributed by atoms with Crippen molar-refractivity contribution in [2.75, 3.05) is 5.32 Å². The predicted molar refractivity (Wildman–Crippen MR) is 77.9 cm³/mol. The first-order valence-electron chi connectivity index (χ1n) is 5.19. The summed E-state index contributed by atoms with van der Waals surface area (Å²) >= 11 is 15.3. The molecule has 1 nitrogen and oxygen atoms in total. The van der Waals surface area contributed by atoms with Crippen LogP contribution in [0.3, 0.4) is 0 Å². The molecule has 0 fully saturated rings. The Balaban J connectivity index is 2.11. The maximum atomic E-state index is 13.1. The summed E-state index contributed by atoms with van der Waals surface area (Å²) in [4.78, 5) is 0. The average molecular weight is 349 g/mol. The highest BCUT2D eigenvalue weighted by molar-refractivity contribution is 9.10. The van der Waals surface area contributed by atoms with Crippen LogP contribution in [0.15, 0.2) is 40.9 Å². The average Bonchev–Trinajstić information content (AvgIpc) is 2.34. The second-order valence-electron chi connectivity index (χ2n) is 3.72. The zero-order valence-corrected chi connectivity index (χ0v) is 12.3. The van der Waals surface area contributed by atoms with Crippen LogP contribution in [-0.2, 0) is 6.54 Å². The molecule has 0 radical (unpaired) electrons. The van der Waals surface area contributed by atoms with Gasteiger partial charge >= 0.3 is 0 Å². The van der Waals surface area contributed by atoms with Crippen molar-refractivity contribution in [1.29, 1.82) is 0 Å². The van der Waals surface area contributed by atoms with E-state index in [0.717, 1.165) is 10.2 Å². The van der Waals surface area contributed by atoms with Crippen molar-refractivity contribution in [2.45, 2.75) is 6.54 Å². The first kappa shape index (κ1) is 13.7. The van der Waals surface area contributed by atoms with Crippen LogP contribution in [0, 0.1) is 5.82 Å². The maximum absolute atomic E-state index is 13.1. The number of anilines is 1. The molecule has 2 aromatic rings. The fourth-order valence-electron chi connectivity index (χ4n) is 1.48. The van der Waals surface area contributed by atoms with E-state index in [1.807, 2.05) is 12.1 Å². The van der Waals surface area contributed by atoms with Crippen LogP contribution in [0.1, 0.15) is 5.56 Å². The monoisotopic (exact) mass is 347 g/mol. The van der Waals surface area contributed by atoms with Crippen molar-refractivity contribution < 1.29 is 4.39 Å². The molecule has 0 saturated heterocycles. The van der Waals surface area contributed by atoms with Gasteiger partial charge in [0.15, 0.2) is 0 Å². The fourth-order valence-corrected chi connectivity index (χ4v) is 2.09. The lowest BCUT2D eigenvalue weighted by Crippen LogP contribution is -2.00. The number of halogens is 4. The zero-order chi connectivity index (χ0) is 13.1. The number of hydrogen-bond acceptors (Lipinski definition) is 1. The lowest BCUT2D eigenvalue weighted by Gasteiger charge is -2.09. The van der Waals surface area contributed by atoms with E-state index in [4.69, 9.17) is 23.2 Å². The Bertz CT molecular complexity index is 575. The second-order valence-corrected chi connectivity index (χ2v) is 5.39. The van der Waals surface area contributed by atoms with Crippen LogP contribution in [0.4, 0.5) is 10.1 Å². The van der Waals surface area contributed by atoms with Gasteiger partial charge in [-0.05, 0) is 57.9 Å². The Kier molecular flexibility index (Phi) is 4.49. The normalized spacial score (nSPS) is 10.4. The van der Waals surface area contributed by atoms with Crippen LogP contribution in [0.2, 0.25) is 10.0 Å². The minimum atomic E-state index is -0.301. The summed E-state index contributed by atoms with van der Waals surface area (Å²) in [5, 5.41) is 4.29. The molecule has 0 aliphatic rings. The molecule has 5 heteroatoms. The van der Waals surface area contributed by atoms with E-state index in [9.17, 15) is 4.39 Å². The Labute approximate surface area is 123 Å². The molecule has 0 unspecified atom stereocenters. The van der Waals surface area contributed by atoms with Crippen molar-refractivity contribution in [3.8, 4) is 0 Å². The van der Waals surface area contributed by atoms with Crippen molar-refractivity contribution in [3.63, 3.8) is 0 Å². The van der Waals surface area contributed by atoms with Crippen LogP contribution in [-0.4, -0.2) is 0 Å². The van der Waals surface area contributed by atoms with Gasteiger partial charge in [0, 0.05) is 21.7 Å². The SMILES string of the molecule is Fc1ccc(Cl)c(CNc2ccc(Br)c(Cl)c2)c1. The first-order valence-corrected chi connectivity index (χ1v) is 6.74. The van der Waals surface area contributed by atoms with Gasteiger partial charge in [0.2, 0.25) is 0 Å². The standard InChI is InChI=1S/C13H9BrCl2FN/c14-11-3-2-10(6-13(11)16)18-7-8-5-9(17)1-4-12(8)15/h1-6,18H,7H2. The summed E-state index contributed by atoms with van der Waals surface area (Å²) < 4.78 is 13.9. The van der Waals surface area contributed by atoms with Crippen LogP contribution >= 0.6 is 39.1 Å². The molecule has 0 heterocycles. The van der Waals surface area contributed by atoms with Crippen molar-refractivity contribution in [3.05, 3.63) is 62.3 Å². The fraction of sp³-hybridized carbons (Fsp3) is 0.0769. The Hall–Kier alpha value is -0.770. The largest absolute Gasteiger partial charge is 0.381 e. The summed E-state index contributed by atoms with van der Waals surface area (Å²) in [7, 11) is 0. The molecule has 18 heavy (non-hydrogen) atoms. The highest BCUT2D eigenvalue weighted by Crippen LogP contribution is 2.26. The topological polar surface area (TPSA) is 12.0 Å². The van der Waals surface area contributed by atoms with E-state index < -0.39 is 0 Å². The summed E-state index contributed by atoms with van der Waals surface area (Å²) in [6.45, 7) is 0.439. The third kappa shape index (κ3) is 3.37.